The van der Waals surface area contributed by atoms with E-state index in [-0.39, 0.29) is 18.7 Å². The van der Waals surface area contributed by atoms with E-state index in [1.54, 1.807) is 31.2 Å². The van der Waals surface area contributed by atoms with Crippen LogP contribution in [-0.2, 0) is 16.0 Å². The molecule has 1 N–H and O–H groups in total. The molecule has 1 aromatic heterocycles. The van der Waals surface area contributed by atoms with Crippen LogP contribution < -0.4 is 5.11 Å². The molecule has 0 saturated heterocycles. The van der Waals surface area contributed by atoms with Gasteiger partial charge in [0.2, 0.25) is 0 Å². The van der Waals surface area contributed by atoms with E-state index in [4.69, 9.17) is 4.74 Å². The van der Waals surface area contributed by atoms with Gasteiger partial charge in [0, 0.05) is 10.9 Å². The summed E-state index contributed by atoms with van der Waals surface area (Å²) in [6.45, 7) is 1.97. The average Bonchev–Trinajstić information content (AvgIpc) is 2.69. The lowest BCUT2D eigenvalue weighted by atomic mass is 10.1. The molecular formula is C13H12NO4-. The zero-order chi connectivity index (χ0) is 13.1. The van der Waals surface area contributed by atoms with Crippen LogP contribution in [0.3, 0.4) is 0 Å². The van der Waals surface area contributed by atoms with E-state index in [9.17, 15) is 14.7 Å². The first kappa shape index (κ1) is 12.2. The van der Waals surface area contributed by atoms with Gasteiger partial charge in [-0.3, -0.25) is 4.79 Å². The smallest absolute Gasteiger partial charge is 0.310 e. The summed E-state index contributed by atoms with van der Waals surface area (Å²) < 4.78 is 4.83. The van der Waals surface area contributed by atoms with Crippen molar-refractivity contribution in [3.8, 4) is 0 Å². The number of benzene rings is 1. The van der Waals surface area contributed by atoms with E-state index in [0.29, 0.717) is 16.5 Å². The lowest BCUT2D eigenvalue weighted by Gasteiger charge is -2.05. The maximum atomic E-state index is 11.5. The van der Waals surface area contributed by atoms with Gasteiger partial charge in [-0.05, 0) is 18.6 Å². The molecule has 0 atom stereocenters. The molecule has 2 aromatic rings. The molecule has 0 unspecified atom stereocenters. The normalized spacial score (nSPS) is 10.5. The van der Waals surface area contributed by atoms with Crippen molar-refractivity contribution in [2.75, 3.05) is 6.61 Å². The Morgan fingerprint density at radius 1 is 1.33 bits per heavy atom. The first-order chi connectivity index (χ1) is 8.63. The Morgan fingerprint density at radius 3 is 2.72 bits per heavy atom. The standard InChI is InChI=1S/C13H13NO4/c1-2-18-11(15)7-9-8-5-3-4-6-10(8)14-12(9)13(16)17/h3-6,14H,2,7H2,1H3,(H,16,17)/p-1. The third kappa shape index (κ3) is 2.20. The summed E-state index contributed by atoms with van der Waals surface area (Å²) in [5.74, 6) is -1.78. The number of hydrogen-bond donors (Lipinski definition) is 1. The van der Waals surface area contributed by atoms with E-state index in [1.165, 1.54) is 0 Å². The Morgan fingerprint density at radius 2 is 2.06 bits per heavy atom. The molecule has 0 saturated carbocycles. The maximum Gasteiger partial charge on any atom is 0.310 e. The second kappa shape index (κ2) is 4.91. The van der Waals surface area contributed by atoms with Crippen molar-refractivity contribution in [3.05, 3.63) is 35.5 Å². The van der Waals surface area contributed by atoms with Gasteiger partial charge in [-0.15, -0.1) is 0 Å². The number of hydrogen-bond acceptors (Lipinski definition) is 4. The second-order valence-corrected chi connectivity index (χ2v) is 3.79. The van der Waals surface area contributed by atoms with Gasteiger partial charge in [-0.2, -0.15) is 0 Å². The number of H-pyrrole nitrogens is 1. The minimum atomic E-state index is -1.33. The molecule has 2 rings (SSSR count). The quantitative estimate of drug-likeness (QED) is 0.802. The predicted molar refractivity (Wildman–Crippen MR) is 63.0 cm³/mol. The molecule has 0 aliphatic heterocycles. The molecular weight excluding hydrogens is 234 g/mol. The highest BCUT2D eigenvalue weighted by Crippen LogP contribution is 2.22. The fourth-order valence-electron chi connectivity index (χ4n) is 1.91. The highest BCUT2D eigenvalue weighted by Gasteiger charge is 2.15. The number of esters is 1. The van der Waals surface area contributed by atoms with E-state index in [1.807, 2.05) is 0 Å². The van der Waals surface area contributed by atoms with Gasteiger partial charge in [0.05, 0.1) is 24.7 Å². The SMILES string of the molecule is CCOC(=O)Cc1c(C(=O)[O-])[nH]c2ccccc12. The summed E-state index contributed by atoms with van der Waals surface area (Å²) in [4.78, 5) is 25.3. The number of carbonyl (C=O) groups is 2. The van der Waals surface area contributed by atoms with Crippen LogP contribution in [0.2, 0.25) is 0 Å². The van der Waals surface area contributed by atoms with Gasteiger partial charge in [0.25, 0.3) is 0 Å². The molecule has 5 nitrogen and oxygen atoms in total. The first-order valence-corrected chi connectivity index (χ1v) is 5.60. The zero-order valence-corrected chi connectivity index (χ0v) is 9.86. The average molecular weight is 246 g/mol. The van der Waals surface area contributed by atoms with Crippen molar-refractivity contribution in [1.82, 2.24) is 4.98 Å². The van der Waals surface area contributed by atoms with Crippen molar-refractivity contribution in [2.45, 2.75) is 13.3 Å². The molecule has 1 aromatic carbocycles. The van der Waals surface area contributed by atoms with Crippen molar-refractivity contribution in [3.63, 3.8) is 0 Å². The zero-order valence-electron chi connectivity index (χ0n) is 9.86. The van der Waals surface area contributed by atoms with Crippen LogP contribution in [0.5, 0.6) is 0 Å². The molecule has 1 heterocycles. The van der Waals surface area contributed by atoms with Gasteiger partial charge in [-0.25, -0.2) is 0 Å². The predicted octanol–water partition coefficient (Wildman–Crippen LogP) is 0.637. The highest BCUT2D eigenvalue weighted by atomic mass is 16.5. The lowest BCUT2D eigenvalue weighted by molar-refractivity contribution is -0.255. The van der Waals surface area contributed by atoms with Crippen LogP contribution in [0.1, 0.15) is 23.0 Å². The Bertz CT molecular complexity index is 600. The summed E-state index contributed by atoms with van der Waals surface area (Å²) in [6, 6.07) is 7.07. The summed E-state index contributed by atoms with van der Waals surface area (Å²) in [5, 5.41) is 11.7. The van der Waals surface area contributed by atoms with Crippen LogP contribution in [0.25, 0.3) is 10.9 Å². The van der Waals surface area contributed by atoms with Crippen LogP contribution >= 0.6 is 0 Å². The highest BCUT2D eigenvalue weighted by molar-refractivity contribution is 5.98. The molecule has 0 amide bonds. The number of carboxylic acid groups (broad SMARTS) is 1. The van der Waals surface area contributed by atoms with Crippen molar-refractivity contribution >= 4 is 22.8 Å². The van der Waals surface area contributed by atoms with Gasteiger partial charge in [0.1, 0.15) is 0 Å². The molecule has 0 spiro atoms. The first-order valence-electron chi connectivity index (χ1n) is 5.60. The molecule has 0 bridgehead atoms. The topological polar surface area (TPSA) is 82.2 Å². The molecule has 94 valence electrons. The minimum Gasteiger partial charge on any atom is -0.543 e. The fourth-order valence-corrected chi connectivity index (χ4v) is 1.91. The van der Waals surface area contributed by atoms with E-state index in [2.05, 4.69) is 4.98 Å². The van der Waals surface area contributed by atoms with E-state index >= 15 is 0 Å². The number of nitrogens with one attached hydrogen (secondary N) is 1. The van der Waals surface area contributed by atoms with Crippen molar-refractivity contribution in [1.29, 1.82) is 0 Å². The second-order valence-electron chi connectivity index (χ2n) is 3.79. The number of rotatable bonds is 4. The number of para-hydroxylation sites is 1. The maximum absolute atomic E-state index is 11.5. The largest absolute Gasteiger partial charge is 0.543 e. The summed E-state index contributed by atoms with van der Waals surface area (Å²) in [7, 11) is 0. The van der Waals surface area contributed by atoms with Crippen molar-refractivity contribution in [2.24, 2.45) is 0 Å². The minimum absolute atomic E-state index is 0.0655. The number of aromatic carboxylic acids is 1. The summed E-state index contributed by atoms with van der Waals surface area (Å²) in [6.07, 6.45) is -0.0822. The number of fused-ring (bicyclic) bond motifs is 1. The van der Waals surface area contributed by atoms with Crippen LogP contribution in [-0.4, -0.2) is 23.5 Å². The Kier molecular flexibility index (Phi) is 3.32. The number of aromatic nitrogens is 1. The van der Waals surface area contributed by atoms with Crippen LogP contribution in [0.4, 0.5) is 0 Å². The number of aromatic amines is 1. The van der Waals surface area contributed by atoms with Crippen LogP contribution in [0, 0.1) is 0 Å². The van der Waals surface area contributed by atoms with Gasteiger partial charge < -0.3 is 19.6 Å². The third-order valence-corrected chi connectivity index (χ3v) is 2.64. The Labute approximate surface area is 103 Å². The lowest BCUT2D eigenvalue weighted by Crippen LogP contribution is -2.24. The fraction of sp³-hybridized carbons (Fsp3) is 0.231. The van der Waals surface area contributed by atoms with Gasteiger partial charge >= 0.3 is 5.97 Å². The summed E-state index contributed by atoms with van der Waals surface area (Å²) >= 11 is 0. The van der Waals surface area contributed by atoms with Gasteiger partial charge in [0.15, 0.2) is 0 Å². The van der Waals surface area contributed by atoms with Crippen LogP contribution in [0.15, 0.2) is 24.3 Å². The monoisotopic (exact) mass is 246 g/mol. The molecule has 5 heteroatoms. The molecule has 0 fully saturated rings. The van der Waals surface area contributed by atoms with E-state index in [0.717, 1.165) is 0 Å². The van der Waals surface area contributed by atoms with E-state index < -0.39 is 11.9 Å². The molecule has 0 aliphatic carbocycles. The van der Waals surface area contributed by atoms with Crippen molar-refractivity contribution < 1.29 is 19.4 Å². The molecule has 0 aliphatic rings. The number of carboxylic acids is 1. The summed E-state index contributed by atoms with van der Waals surface area (Å²) in [5.41, 5.74) is 1.00. The van der Waals surface area contributed by atoms with Gasteiger partial charge in [-0.1, -0.05) is 18.2 Å². The Balaban J connectivity index is 2.48. The third-order valence-electron chi connectivity index (χ3n) is 2.64. The molecule has 0 radical (unpaired) electrons. The number of carbonyl (C=O) groups excluding carboxylic acids is 2. The molecule has 18 heavy (non-hydrogen) atoms. The number of ether oxygens (including phenoxy) is 1. The Hall–Kier alpha value is -2.30.